The summed E-state index contributed by atoms with van der Waals surface area (Å²) in [4.78, 5) is 14.4. The normalized spacial score (nSPS) is 12.5. The van der Waals surface area contributed by atoms with E-state index in [0.29, 0.717) is 6.54 Å². The largest absolute Gasteiger partial charge is 0.346 e. The predicted octanol–water partition coefficient (Wildman–Crippen LogP) is 2.30. The van der Waals surface area contributed by atoms with Crippen molar-refractivity contribution < 1.29 is 18.5 Å². The number of quaternary nitrogens is 1. The third kappa shape index (κ3) is 3.82. The Bertz CT molecular complexity index is 662. The standard InChI is InChI=1S/C15H15ClF2N2OS/c1-20(2)13(14-4-3-5-22-14)8-19-15(21)9-6-11(17)12(18)7-10(9)16/h3-7,13H,8H2,1-2H3,(H,19,21)/p+1/t13-/m1/s1. The average Bonchev–Trinajstić information content (AvgIpc) is 2.96. The maximum atomic E-state index is 13.3. The van der Waals surface area contributed by atoms with Gasteiger partial charge in [-0.3, -0.25) is 4.79 Å². The van der Waals surface area contributed by atoms with Gasteiger partial charge in [0, 0.05) is 0 Å². The first-order valence-electron chi connectivity index (χ1n) is 6.66. The molecule has 2 N–H and O–H groups in total. The Hall–Kier alpha value is -1.50. The Morgan fingerprint density at radius 1 is 1.36 bits per heavy atom. The number of thiophene rings is 1. The zero-order chi connectivity index (χ0) is 16.3. The van der Waals surface area contributed by atoms with Gasteiger partial charge in [0.1, 0.15) is 6.04 Å². The van der Waals surface area contributed by atoms with Crippen molar-refractivity contribution in [2.24, 2.45) is 0 Å². The number of benzene rings is 1. The summed E-state index contributed by atoms with van der Waals surface area (Å²) in [5.41, 5.74) is -0.0701. The maximum Gasteiger partial charge on any atom is 0.253 e. The van der Waals surface area contributed by atoms with E-state index < -0.39 is 17.5 Å². The molecule has 1 aromatic carbocycles. The number of amides is 1. The highest BCUT2D eigenvalue weighted by molar-refractivity contribution is 7.10. The van der Waals surface area contributed by atoms with Crippen molar-refractivity contribution in [3.63, 3.8) is 0 Å². The summed E-state index contributed by atoms with van der Waals surface area (Å²) < 4.78 is 26.3. The molecule has 22 heavy (non-hydrogen) atoms. The molecule has 0 bridgehead atoms. The molecule has 0 saturated heterocycles. The molecule has 118 valence electrons. The van der Waals surface area contributed by atoms with Crippen LogP contribution in [-0.2, 0) is 0 Å². The van der Waals surface area contributed by atoms with Gasteiger partial charge in [0.05, 0.1) is 36.1 Å². The van der Waals surface area contributed by atoms with Crippen LogP contribution in [-0.4, -0.2) is 26.5 Å². The van der Waals surface area contributed by atoms with Crippen LogP contribution >= 0.6 is 22.9 Å². The second-order valence-corrected chi connectivity index (χ2v) is 6.49. The van der Waals surface area contributed by atoms with Gasteiger partial charge in [0.15, 0.2) is 11.6 Å². The smallest absolute Gasteiger partial charge is 0.253 e. The van der Waals surface area contributed by atoms with E-state index >= 15 is 0 Å². The summed E-state index contributed by atoms with van der Waals surface area (Å²) in [5, 5.41) is 4.59. The fraction of sp³-hybridized carbons (Fsp3) is 0.267. The minimum absolute atomic E-state index is 0.0701. The Balaban J connectivity index is 2.10. The van der Waals surface area contributed by atoms with Crippen LogP contribution in [0.4, 0.5) is 8.78 Å². The Morgan fingerprint density at radius 2 is 2.05 bits per heavy atom. The summed E-state index contributed by atoms with van der Waals surface area (Å²) in [6.07, 6.45) is 0. The molecular formula is C15H16ClF2N2OS+. The summed E-state index contributed by atoms with van der Waals surface area (Å²) in [5.74, 6) is -2.69. The first-order chi connectivity index (χ1) is 10.4. The Kier molecular flexibility index (Phi) is 5.50. The molecule has 0 aliphatic carbocycles. The number of nitrogens with one attached hydrogen (secondary N) is 2. The van der Waals surface area contributed by atoms with Gasteiger partial charge >= 0.3 is 0 Å². The summed E-state index contributed by atoms with van der Waals surface area (Å²) in [6, 6.07) is 5.64. The summed E-state index contributed by atoms with van der Waals surface area (Å²) >= 11 is 7.41. The monoisotopic (exact) mass is 345 g/mol. The van der Waals surface area contributed by atoms with Crippen LogP contribution in [0.1, 0.15) is 21.3 Å². The van der Waals surface area contributed by atoms with E-state index in [1.807, 2.05) is 31.6 Å². The molecule has 0 aliphatic rings. The maximum absolute atomic E-state index is 13.3. The molecule has 2 rings (SSSR count). The molecule has 3 nitrogen and oxygen atoms in total. The molecule has 7 heteroatoms. The quantitative estimate of drug-likeness (QED) is 0.801. The summed E-state index contributed by atoms with van der Waals surface area (Å²) in [6.45, 7) is 0.372. The van der Waals surface area contributed by atoms with Crippen molar-refractivity contribution in [2.45, 2.75) is 6.04 Å². The lowest BCUT2D eigenvalue weighted by Gasteiger charge is -2.20. The van der Waals surface area contributed by atoms with Gasteiger partial charge < -0.3 is 10.2 Å². The molecule has 0 spiro atoms. The van der Waals surface area contributed by atoms with Crippen molar-refractivity contribution in [1.29, 1.82) is 0 Å². The first kappa shape index (κ1) is 16.9. The van der Waals surface area contributed by atoms with Gasteiger partial charge in [-0.1, -0.05) is 17.7 Å². The fourth-order valence-corrected chi connectivity index (χ4v) is 3.26. The van der Waals surface area contributed by atoms with Crippen LogP contribution in [0.25, 0.3) is 0 Å². The lowest BCUT2D eigenvalue weighted by Crippen LogP contribution is -3.06. The van der Waals surface area contributed by atoms with Crippen LogP contribution < -0.4 is 10.2 Å². The number of halogens is 3. The molecule has 1 amide bonds. The molecule has 0 radical (unpaired) electrons. The molecule has 0 aliphatic heterocycles. The van der Waals surface area contributed by atoms with Crippen molar-refractivity contribution in [3.8, 4) is 0 Å². The first-order valence-corrected chi connectivity index (χ1v) is 7.92. The van der Waals surface area contributed by atoms with E-state index in [9.17, 15) is 13.6 Å². The van der Waals surface area contributed by atoms with Gasteiger partial charge in [0.25, 0.3) is 5.91 Å². The molecule has 2 aromatic rings. The number of carbonyl (C=O) groups excluding carboxylic acids is 1. The average molecular weight is 346 g/mol. The SMILES string of the molecule is C[NH+](C)[C@H](CNC(=O)c1cc(F)c(F)cc1Cl)c1cccs1. The highest BCUT2D eigenvalue weighted by Gasteiger charge is 2.21. The number of hydrogen-bond acceptors (Lipinski definition) is 2. The molecule has 1 atom stereocenters. The van der Waals surface area contributed by atoms with Gasteiger partial charge in [-0.05, 0) is 23.6 Å². The second-order valence-electron chi connectivity index (χ2n) is 5.10. The molecule has 0 unspecified atom stereocenters. The van der Waals surface area contributed by atoms with Crippen LogP contribution in [0.2, 0.25) is 5.02 Å². The summed E-state index contributed by atoms with van der Waals surface area (Å²) in [7, 11) is 3.97. The molecule has 1 heterocycles. The fourth-order valence-electron chi connectivity index (χ4n) is 2.07. The van der Waals surface area contributed by atoms with E-state index in [1.54, 1.807) is 11.3 Å². The molecule has 1 aromatic heterocycles. The third-order valence-corrected chi connectivity index (χ3v) is 4.60. The number of likely N-dealkylation sites (N-methyl/N-ethyl adjacent to an activating group) is 1. The zero-order valence-corrected chi connectivity index (χ0v) is 13.7. The van der Waals surface area contributed by atoms with E-state index in [0.717, 1.165) is 21.9 Å². The molecule has 0 saturated carbocycles. The van der Waals surface area contributed by atoms with Crippen LogP contribution in [0, 0.1) is 11.6 Å². The minimum atomic E-state index is -1.09. The van der Waals surface area contributed by atoms with E-state index in [1.165, 1.54) is 0 Å². The Labute approximate surface area is 136 Å². The van der Waals surface area contributed by atoms with Crippen LogP contribution in [0.3, 0.4) is 0 Å². The minimum Gasteiger partial charge on any atom is -0.346 e. The number of hydrogen-bond donors (Lipinski definition) is 2. The van der Waals surface area contributed by atoms with E-state index in [-0.39, 0.29) is 16.6 Å². The van der Waals surface area contributed by atoms with Gasteiger partial charge in [-0.15, -0.1) is 11.3 Å². The topological polar surface area (TPSA) is 33.5 Å². The number of rotatable bonds is 5. The number of carbonyl (C=O) groups is 1. The lowest BCUT2D eigenvalue weighted by atomic mass is 10.1. The van der Waals surface area contributed by atoms with Gasteiger partial charge in [-0.2, -0.15) is 0 Å². The molecular weight excluding hydrogens is 330 g/mol. The zero-order valence-electron chi connectivity index (χ0n) is 12.1. The van der Waals surface area contributed by atoms with Gasteiger partial charge in [-0.25, -0.2) is 8.78 Å². The van der Waals surface area contributed by atoms with E-state index in [4.69, 9.17) is 11.6 Å². The third-order valence-electron chi connectivity index (χ3n) is 3.30. The van der Waals surface area contributed by atoms with Crippen LogP contribution in [0.15, 0.2) is 29.6 Å². The lowest BCUT2D eigenvalue weighted by molar-refractivity contribution is -0.890. The van der Waals surface area contributed by atoms with Crippen molar-refractivity contribution >= 4 is 28.8 Å². The Morgan fingerprint density at radius 3 is 2.64 bits per heavy atom. The van der Waals surface area contributed by atoms with E-state index in [2.05, 4.69) is 5.32 Å². The highest BCUT2D eigenvalue weighted by Crippen LogP contribution is 2.20. The van der Waals surface area contributed by atoms with Crippen LogP contribution in [0.5, 0.6) is 0 Å². The van der Waals surface area contributed by atoms with Crippen molar-refractivity contribution in [3.05, 3.63) is 56.7 Å². The molecule has 0 fully saturated rings. The highest BCUT2D eigenvalue weighted by atomic mass is 35.5. The second kappa shape index (κ2) is 7.17. The predicted molar refractivity (Wildman–Crippen MR) is 83.6 cm³/mol. The van der Waals surface area contributed by atoms with Crippen molar-refractivity contribution in [2.75, 3.05) is 20.6 Å². The van der Waals surface area contributed by atoms with Gasteiger partial charge in [0.2, 0.25) is 0 Å². The van der Waals surface area contributed by atoms with Crippen molar-refractivity contribution in [1.82, 2.24) is 5.32 Å².